The Morgan fingerprint density at radius 3 is 2.61 bits per heavy atom. The van der Waals surface area contributed by atoms with Crippen LogP contribution in [0.15, 0.2) is 24.5 Å². The summed E-state index contributed by atoms with van der Waals surface area (Å²) in [5.41, 5.74) is 6.22. The Bertz CT molecular complexity index is 920. The highest BCUT2D eigenvalue weighted by Gasteiger charge is 2.17. The van der Waals surface area contributed by atoms with Gasteiger partial charge in [0.2, 0.25) is 0 Å². The number of anilines is 2. The topological polar surface area (TPSA) is 106 Å². The van der Waals surface area contributed by atoms with E-state index in [0.717, 1.165) is 6.20 Å². The lowest BCUT2D eigenvalue weighted by Crippen LogP contribution is -2.09. The summed E-state index contributed by atoms with van der Waals surface area (Å²) in [6, 6.07) is 2.94. The van der Waals surface area contributed by atoms with Crippen molar-refractivity contribution in [1.29, 1.82) is 0 Å². The van der Waals surface area contributed by atoms with Gasteiger partial charge in [0.25, 0.3) is 0 Å². The molecule has 2 heterocycles. The molecule has 1 aromatic carbocycles. The maximum atomic E-state index is 13.9. The van der Waals surface area contributed by atoms with Gasteiger partial charge < -0.3 is 10.8 Å². The third-order valence-electron chi connectivity index (χ3n) is 3.00. The quantitative estimate of drug-likeness (QED) is 0.609. The highest BCUT2D eigenvalue weighted by atomic mass is 35.5. The first-order chi connectivity index (χ1) is 10.9. The van der Waals surface area contributed by atoms with E-state index >= 15 is 0 Å². The zero-order chi connectivity index (χ0) is 16.7. The molecule has 0 radical (unpaired) electrons. The van der Waals surface area contributed by atoms with E-state index in [1.807, 2.05) is 0 Å². The van der Waals surface area contributed by atoms with E-state index in [0.29, 0.717) is 11.4 Å². The summed E-state index contributed by atoms with van der Waals surface area (Å²) in [6.07, 6.45) is 0.915. The van der Waals surface area contributed by atoms with Gasteiger partial charge in [0.1, 0.15) is 17.0 Å². The lowest BCUT2D eigenvalue weighted by molar-refractivity contribution is 0.209. The monoisotopic (exact) mass is 355 g/mol. The first kappa shape index (κ1) is 15.3. The van der Waals surface area contributed by atoms with Crippen LogP contribution in [0.3, 0.4) is 0 Å². The highest BCUT2D eigenvalue weighted by molar-refractivity contribution is 6.38. The third-order valence-corrected chi connectivity index (χ3v) is 3.57. The number of amides is 1. The SMILES string of the molecule is Nc1cc(Cl)c(-n2cc3c(NC(=O)O)ncc(F)c3n2)c(Cl)c1. The Balaban J connectivity index is 2.25. The highest BCUT2D eigenvalue weighted by Crippen LogP contribution is 2.33. The van der Waals surface area contributed by atoms with Gasteiger partial charge in [-0.25, -0.2) is 18.9 Å². The summed E-state index contributed by atoms with van der Waals surface area (Å²) in [6.45, 7) is 0. The van der Waals surface area contributed by atoms with Gasteiger partial charge in [-0.2, -0.15) is 5.10 Å². The average Bonchev–Trinajstić information content (AvgIpc) is 2.86. The van der Waals surface area contributed by atoms with Crippen LogP contribution in [-0.2, 0) is 0 Å². The van der Waals surface area contributed by atoms with Crippen molar-refractivity contribution in [3.63, 3.8) is 0 Å². The van der Waals surface area contributed by atoms with Crippen LogP contribution in [0.1, 0.15) is 0 Å². The smallest absolute Gasteiger partial charge is 0.410 e. The molecule has 23 heavy (non-hydrogen) atoms. The van der Waals surface area contributed by atoms with Gasteiger partial charge in [0.05, 0.1) is 21.6 Å². The van der Waals surface area contributed by atoms with Crippen molar-refractivity contribution in [3.05, 3.63) is 40.4 Å². The minimum absolute atomic E-state index is 0.0529. The summed E-state index contributed by atoms with van der Waals surface area (Å²) in [7, 11) is 0. The number of nitrogens with one attached hydrogen (secondary N) is 1. The van der Waals surface area contributed by atoms with Crippen molar-refractivity contribution in [2.75, 3.05) is 11.1 Å². The van der Waals surface area contributed by atoms with Crippen molar-refractivity contribution < 1.29 is 14.3 Å². The molecule has 0 aliphatic carbocycles. The molecule has 4 N–H and O–H groups in total. The first-order valence-electron chi connectivity index (χ1n) is 6.15. The van der Waals surface area contributed by atoms with Gasteiger partial charge in [-0.3, -0.25) is 5.32 Å². The number of hydrogen-bond acceptors (Lipinski definition) is 4. The third kappa shape index (κ3) is 2.73. The van der Waals surface area contributed by atoms with E-state index in [-0.39, 0.29) is 26.8 Å². The number of nitrogen functional groups attached to an aromatic ring is 1. The fourth-order valence-electron chi connectivity index (χ4n) is 2.09. The van der Waals surface area contributed by atoms with Crippen molar-refractivity contribution in [2.45, 2.75) is 0 Å². The Morgan fingerprint density at radius 2 is 2.00 bits per heavy atom. The summed E-state index contributed by atoms with van der Waals surface area (Å²) >= 11 is 12.2. The number of benzene rings is 1. The van der Waals surface area contributed by atoms with Crippen molar-refractivity contribution in [3.8, 4) is 5.69 Å². The van der Waals surface area contributed by atoms with E-state index in [4.69, 9.17) is 34.0 Å². The summed E-state index contributed by atoms with van der Waals surface area (Å²) in [5.74, 6) is -0.764. The molecule has 2 aromatic heterocycles. The van der Waals surface area contributed by atoms with Gasteiger partial charge in [0, 0.05) is 11.9 Å². The molecule has 0 bridgehead atoms. The second kappa shape index (κ2) is 5.56. The minimum Gasteiger partial charge on any atom is -0.465 e. The summed E-state index contributed by atoms with van der Waals surface area (Å²) < 4.78 is 15.1. The fourth-order valence-corrected chi connectivity index (χ4v) is 2.77. The van der Waals surface area contributed by atoms with Crippen LogP contribution in [0.4, 0.5) is 20.7 Å². The van der Waals surface area contributed by atoms with E-state index < -0.39 is 11.9 Å². The average molecular weight is 356 g/mol. The Hall–Kier alpha value is -2.58. The second-order valence-corrected chi connectivity index (χ2v) is 5.37. The fraction of sp³-hybridized carbons (Fsp3) is 0. The zero-order valence-electron chi connectivity index (χ0n) is 11.2. The Labute approximate surface area is 138 Å². The molecule has 7 nitrogen and oxygen atoms in total. The van der Waals surface area contributed by atoms with Crippen LogP contribution in [0, 0.1) is 5.82 Å². The Kier molecular flexibility index (Phi) is 3.70. The van der Waals surface area contributed by atoms with Crippen LogP contribution >= 0.6 is 23.2 Å². The number of aromatic nitrogens is 3. The second-order valence-electron chi connectivity index (χ2n) is 4.55. The molecular weight excluding hydrogens is 348 g/mol. The number of carbonyl (C=O) groups is 1. The number of carboxylic acid groups (broad SMARTS) is 1. The van der Waals surface area contributed by atoms with Gasteiger partial charge in [0.15, 0.2) is 5.82 Å². The molecule has 0 spiro atoms. The maximum absolute atomic E-state index is 13.9. The molecule has 0 saturated carbocycles. The van der Waals surface area contributed by atoms with Crippen LogP contribution in [0.5, 0.6) is 0 Å². The number of hydrogen-bond donors (Lipinski definition) is 3. The van der Waals surface area contributed by atoms with Gasteiger partial charge in [-0.15, -0.1) is 0 Å². The summed E-state index contributed by atoms with van der Waals surface area (Å²) in [5, 5.41) is 15.5. The van der Waals surface area contributed by atoms with Crippen molar-refractivity contribution >= 4 is 51.7 Å². The lowest BCUT2D eigenvalue weighted by atomic mass is 10.3. The molecule has 0 aliphatic heterocycles. The maximum Gasteiger partial charge on any atom is 0.410 e. The molecule has 0 fully saturated rings. The molecule has 0 saturated heterocycles. The largest absolute Gasteiger partial charge is 0.465 e. The predicted octanol–water partition coefficient (Wildman–Crippen LogP) is 3.54. The van der Waals surface area contributed by atoms with Crippen LogP contribution in [-0.4, -0.2) is 26.0 Å². The van der Waals surface area contributed by atoms with Crippen LogP contribution in [0.2, 0.25) is 10.0 Å². The number of halogens is 3. The normalized spacial score (nSPS) is 10.9. The molecule has 0 atom stereocenters. The molecule has 0 aliphatic rings. The predicted molar refractivity (Wildman–Crippen MR) is 84.9 cm³/mol. The summed E-state index contributed by atoms with van der Waals surface area (Å²) in [4.78, 5) is 14.5. The molecule has 0 unspecified atom stereocenters. The van der Waals surface area contributed by atoms with E-state index in [1.165, 1.54) is 23.0 Å². The number of rotatable bonds is 2. The number of nitrogens with zero attached hydrogens (tertiary/aromatic N) is 3. The molecule has 3 rings (SSSR count). The van der Waals surface area contributed by atoms with E-state index in [2.05, 4.69) is 15.4 Å². The molecule has 118 valence electrons. The molecular formula is C13H8Cl2FN5O2. The minimum atomic E-state index is -1.33. The molecule has 10 heteroatoms. The number of pyridine rings is 1. The van der Waals surface area contributed by atoms with Gasteiger partial charge >= 0.3 is 6.09 Å². The molecule has 1 amide bonds. The van der Waals surface area contributed by atoms with Crippen LogP contribution < -0.4 is 11.1 Å². The number of nitrogens with two attached hydrogens (primary N) is 1. The Morgan fingerprint density at radius 1 is 1.35 bits per heavy atom. The van der Waals surface area contributed by atoms with Gasteiger partial charge in [-0.05, 0) is 12.1 Å². The van der Waals surface area contributed by atoms with E-state index in [9.17, 15) is 9.18 Å². The van der Waals surface area contributed by atoms with Crippen LogP contribution in [0.25, 0.3) is 16.6 Å². The van der Waals surface area contributed by atoms with E-state index in [1.54, 1.807) is 0 Å². The first-order valence-corrected chi connectivity index (χ1v) is 6.91. The standard InChI is InChI=1S/C13H8Cl2FN5O2/c14-7-1-5(17)2-8(15)11(7)21-4-6-10(20-21)9(16)3-18-12(6)19-13(22)23/h1-4H,17H2,(H,18,19)(H,22,23). The molecule has 3 aromatic rings. The van der Waals surface area contributed by atoms with Crippen molar-refractivity contribution in [1.82, 2.24) is 14.8 Å². The lowest BCUT2D eigenvalue weighted by Gasteiger charge is -2.07. The number of fused-ring (bicyclic) bond motifs is 1. The zero-order valence-corrected chi connectivity index (χ0v) is 12.7. The van der Waals surface area contributed by atoms with Gasteiger partial charge in [-0.1, -0.05) is 23.2 Å². The van der Waals surface area contributed by atoms with Crippen molar-refractivity contribution in [2.24, 2.45) is 0 Å².